The van der Waals surface area contributed by atoms with Crippen LogP contribution in [0.2, 0.25) is 0 Å². The standard InChI is InChI=1S/C21H26N4O2S.HI/c1-15-16(2)28-20(25-15)14-24-21(22-11-10-19-5-4-12-27-19)23-13-17-6-8-18(26-3)9-7-17;/h4-9,12H,10-11,13-14H2,1-3H3,(H2,22,23,24);1H. The molecule has 0 amide bonds. The van der Waals surface area contributed by atoms with Crippen LogP contribution in [0.1, 0.15) is 26.9 Å². The number of rotatable bonds is 8. The van der Waals surface area contributed by atoms with Gasteiger partial charge in [-0.25, -0.2) is 9.98 Å². The molecule has 0 aliphatic heterocycles. The summed E-state index contributed by atoms with van der Waals surface area (Å²) in [5.41, 5.74) is 2.21. The van der Waals surface area contributed by atoms with Gasteiger partial charge in [0.25, 0.3) is 0 Å². The second-order valence-electron chi connectivity index (χ2n) is 6.37. The fourth-order valence-electron chi connectivity index (χ4n) is 2.61. The molecule has 2 heterocycles. The van der Waals surface area contributed by atoms with Gasteiger partial charge in [-0.15, -0.1) is 35.3 Å². The number of aliphatic imine (C=N–C) groups is 1. The molecule has 8 heteroatoms. The first-order valence-corrected chi connectivity index (χ1v) is 10.1. The molecule has 3 rings (SSSR count). The highest BCUT2D eigenvalue weighted by Crippen LogP contribution is 2.16. The van der Waals surface area contributed by atoms with E-state index in [0.29, 0.717) is 13.1 Å². The van der Waals surface area contributed by atoms with Crippen molar-refractivity contribution in [1.82, 2.24) is 15.6 Å². The maximum atomic E-state index is 5.39. The van der Waals surface area contributed by atoms with Gasteiger partial charge < -0.3 is 19.8 Å². The van der Waals surface area contributed by atoms with Gasteiger partial charge in [-0.1, -0.05) is 12.1 Å². The highest BCUT2D eigenvalue weighted by atomic mass is 127. The molecule has 0 spiro atoms. The minimum atomic E-state index is 0. The smallest absolute Gasteiger partial charge is 0.191 e. The van der Waals surface area contributed by atoms with Gasteiger partial charge in [0.2, 0.25) is 0 Å². The molecule has 3 aromatic rings. The van der Waals surface area contributed by atoms with E-state index < -0.39 is 0 Å². The predicted molar refractivity (Wildman–Crippen MR) is 128 cm³/mol. The fourth-order valence-corrected chi connectivity index (χ4v) is 3.48. The van der Waals surface area contributed by atoms with Crippen LogP contribution in [0.15, 0.2) is 52.1 Å². The van der Waals surface area contributed by atoms with Gasteiger partial charge in [0.05, 0.1) is 32.2 Å². The Morgan fingerprint density at radius 3 is 2.59 bits per heavy atom. The summed E-state index contributed by atoms with van der Waals surface area (Å²) in [6.07, 6.45) is 2.49. The van der Waals surface area contributed by atoms with Gasteiger partial charge in [0, 0.05) is 17.8 Å². The Bertz CT molecular complexity index is 873. The molecule has 1 aromatic carbocycles. The average molecular weight is 526 g/mol. The van der Waals surface area contributed by atoms with Gasteiger partial charge in [-0.3, -0.25) is 0 Å². The Hall–Kier alpha value is -2.07. The zero-order valence-corrected chi connectivity index (χ0v) is 20.0. The van der Waals surface area contributed by atoms with Crippen LogP contribution in [-0.4, -0.2) is 24.6 Å². The fraction of sp³-hybridized carbons (Fsp3) is 0.333. The normalized spacial score (nSPS) is 11.1. The van der Waals surface area contributed by atoms with Crippen molar-refractivity contribution in [2.45, 2.75) is 33.4 Å². The number of hydrogen-bond donors (Lipinski definition) is 2. The number of benzene rings is 1. The van der Waals surface area contributed by atoms with E-state index in [-0.39, 0.29) is 24.0 Å². The van der Waals surface area contributed by atoms with Crippen molar-refractivity contribution >= 4 is 41.3 Å². The van der Waals surface area contributed by atoms with Crippen molar-refractivity contribution in [2.75, 3.05) is 13.7 Å². The number of aromatic nitrogens is 1. The third-order valence-corrected chi connectivity index (χ3v) is 5.38. The largest absolute Gasteiger partial charge is 0.497 e. The van der Waals surface area contributed by atoms with Crippen LogP contribution < -0.4 is 15.4 Å². The lowest BCUT2D eigenvalue weighted by atomic mass is 10.2. The molecule has 0 atom stereocenters. The molecule has 6 nitrogen and oxygen atoms in total. The molecule has 2 N–H and O–H groups in total. The summed E-state index contributed by atoms with van der Waals surface area (Å²) in [7, 11) is 1.67. The van der Waals surface area contributed by atoms with Gasteiger partial charge in [0.15, 0.2) is 5.96 Å². The molecule has 0 unspecified atom stereocenters. The van der Waals surface area contributed by atoms with E-state index in [1.54, 1.807) is 24.7 Å². The third kappa shape index (κ3) is 7.36. The van der Waals surface area contributed by atoms with E-state index in [4.69, 9.17) is 14.1 Å². The molecule has 0 aliphatic rings. The number of nitrogens with one attached hydrogen (secondary N) is 2. The molecule has 0 radical (unpaired) electrons. The Morgan fingerprint density at radius 1 is 1.17 bits per heavy atom. The highest BCUT2D eigenvalue weighted by Gasteiger charge is 2.06. The zero-order chi connectivity index (χ0) is 19.8. The molecule has 0 fully saturated rings. The summed E-state index contributed by atoms with van der Waals surface area (Å²) in [6, 6.07) is 11.8. The first-order valence-electron chi connectivity index (χ1n) is 9.24. The minimum absolute atomic E-state index is 0. The van der Waals surface area contributed by atoms with E-state index in [1.165, 1.54) is 4.88 Å². The Balaban J connectivity index is 0.00000300. The van der Waals surface area contributed by atoms with Crippen molar-refractivity contribution < 1.29 is 9.15 Å². The number of methoxy groups -OCH3 is 1. The van der Waals surface area contributed by atoms with Crippen molar-refractivity contribution in [3.8, 4) is 5.75 Å². The SMILES string of the molecule is COc1ccc(CN=C(NCCc2ccco2)NCc2nc(C)c(C)s2)cc1.I. The van der Waals surface area contributed by atoms with Crippen LogP contribution in [0.25, 0.3) is 0 Å². The molecule has 29 heavy (non-hydrogen) atoms. The summed E-state index contributed by atoms with van der Waals surface area (Å²) in [4.78, 5) is 10.5. The van der Waals surface area contributed by atoms with Crippen molar-refractivity contribution in [3.63, 3.8) is 0 Å². The molecule has 0 bridgehead atoms. The number of halogens is 1. The zero-order valence-electron chi connectivity index (χ0n) is 16.9. The van der Waals surface area contributed by atoms with Crippen molar-refractivity contribution in [2.24, 2.45) is 4.99 Å². The second kappa shape index (κ2) is 11.8. The average Bonchev–Trinajstić information content (AvgIpc) is 3.33. The maximum absolute atomic E-state index is 5.39. The summed E-state index contributed by atoms with van der Waals surface area (Å²) < 4.78 is 10.6. The summed E-state index contributed by atoms with van der Waals surface area (Å²) in [5, 5.41) is 7.81. The summed E-state index contributed by atoms with van der Waals surface area (Å²) in [5.74, 6) is 2.55. The van der Waals surface area contributed by atoms with E-state index in [1.807, 2.05) is 43.3 Å². The van der Waals surface area contributed by atoms with E-state index in [0.717, 1.165) is 46.7 Å². The lowest BCUT2D eigenvalue weighted by Crippen LogP contribution is -2.38. The molecule has 0 saturated heterocycles. The number of aryl methyl sites for hydroxylation is 2. The van der Waals surface area contributed by atoms with Crippen LogP contribution in [0.3, 0.4) is 0 Å². The molecular weight excluding hydrogens is 499 g/mol. The summed E-state index contributed by atoms with van der Waals surface area (Å²) in [6.45, 7) is 6.09. The van der Waals surface area contributed by atoms with Gasteiger partial charge in [0.1, 0.15) is 16.5 Å². The number of thiazole rings is 1. The van der Waals surface area contributed by atoms with Crippen LogP contribution in [0.4, 0.5) is 0 Å². The number of nitrogens with zero attached hydrogens (tertiary/aromatic N) is 2. The van der Waals surface area contributed by atoms with Crippen LogP contribution in [-0.2, 0) is 19.5 Å². The first-order chi connectivity index (χ1) is 13.6. The Morgan fingerprint density at radius 2 is 1.97 bits per heavy atom. The number of guanidine groups is 1. The predicted octanol–water partition coefficient (Wildman–Crippen LogP) is 4.46. The third-order valence-electron chi connectivity index (χ3n) is 4.30. The van der Waals surface area contributed by atoms with Crippen LogP contribution >= 0.6 is 35.3 Å². The van der Waals surface area contributed by atoms with Gasteiger partial charge >= 0.3 is 0 Å². The van der Waals surface area contributed by atoms with Gasteiger partial charge in [-0.05, 0) is 43.7 Å². The van der Waals surface area contributed by atoms with Gasteiger partial charge in [-0.2, -0.15) is 0 Å². The highest BCUT2D eigenvalue weighted by molar-refractivity contribution is 14.0. The monoisotopic (exact) mass is 526 g/mol. The lowest BCUT2D eigenvalue weighted by Gasteiger charge is -2.11. The second-order valence-corrected chi connectivity index (χ2v) is 7.66. The van der Waals surface area contributed by atoms with E-state index in [2.05, 4.69) is 22.5 Å². The first kappa shape index (κ1) is 23.2. The van der Waals surface area contributed by atoms with Crippen LogP contribution in [0, 0.1) is 13.8 Å². The molecular formula is C21H27IN4O2S. The number of hydrogen-bond acceptors (Lipinski definition) is 5. The number of ether oxygens (including phenoxy) is 1. The van der Waals surface area contributed by atoms with Crippen molar-refractivity contribution in [1.29, 1.82) is 0 Å². The van der Waals surface area contributed by atoms with E-state index >= 15 is 0 Å². The van der Waals surface area contributed by atoms with Crippen LogP contribution in [0.5, 0.6) is 5.75 Å². The quantitative estimate of drug-likeness (QED) is 0.258. The lowest BCUT2D eigenvalue weighted by molar-refractivity contribution is 0.414. The molecule has 2 aromatic heterocycles. The van der Waals surface area contributed by atoms with E-state index in [9.17, 15) is 0 Å². The van der Waals surface area contributed by atoms with Crippen molar-refractivity contribution in [3.05, 3.63) is 69.6 Å². The maximum Gasteiger partial charge on any atom is 0.191 e. The Labute approximate surface area is 192 Å². The topological polar surface area (TPSA) is 71.7 Å². The molecule has 0 aliphatic carbocycles. The summed E-state index contributed by atoms with van der Waals surface area (Å²) >= 11 is 1.71. The minimum Gasteiger partial charge on any atom is -0.497 e. The molecule has 156 valence electrons. The Kier molecular flexibility index (Phi) is 9.46. The number of furan rings is 1. The molecule has 0 saturated carbocycles.